The molecule has 1 aromatic carbocycles. The highest BCUT2D eigenvalue weighted by Crippen LogP contribution is 2.37. The van der Waals surface area contributed by atoms with Crippen LogP contribution in [0.5, 0.6) is 0 Å². The van der Waals surface area contributed by atoms with Crippen LogP contribution >= 0.6 is 0 Å². The van der Waals surface area contributed by atoms with Gasteiger partial charge < -0.3 is 5.73 Å². The molecule has 3 unspecified atom stereocenters. The third kappa shape index (κ3) is 4.09. The lowest BCUT2D eigenvalue weighted by Gasteiger charge is -2.34. The first-order chi connectivity index (χ1) is 9.60. The topological polar surface area (TPSA) is 26.0 Å². The normalized spacial score (nSPS) is 26.9. The van der Waals surface area contributed by atoms with Gasteiger partial charge in [-0.3, -0.25) is 0 Å². The first-order valence-electron chi connectivity index (χ1n) is 8.44. The van der Waals surface area contributed by atoms with Gasteiger partial charge in [-0.2, -0.15) is 0 Å². The van der Waals surface area contributed by atoms with Crippen LogP contribution in [0.25, 0.3) is 0 Å². The van der Waals surface area contributed by atoms with Gasteiger partial charge in [-0.05, 0) is 54.6 Å². The van der Waals surface area contributed by atoms with Gasteiger partial charge in [-0.15, -0.1) is 0 Å². The molecule has 0 heterocycles. The summed E-state index contributed by atoms with van der Waals surface area (Å²) in [6.45, 7) is 6.87. The number of benzene rings is 1. The second kappa shape index (κ2) is 7.26. The van der Waals surface area contributed by atoms with Crippen LogP contribution in [0.15, 0.2) is 24.3 Å². The Kier molecular flexibility index (Phi) is 5.65. The van der Waals surface area contributed by atoms with Crippen molar-refractivity contribution in [1.82, 2.24) is 0 Å². The van der Waals surface area contributed by atoms with Crippen LogP contribution in [0.3, 0.4) is 0 Å². The Balaban J connectivity index is 2.11. The molecule has 0 amide bonds. The van der Waals surface area contributed by atoms with E-state index in [0.717, 1.165) is 11.8 Å². The molecule has 0 spiro atoms. The second-order valence-electron chi connectivity index (χ2n) is 7.08. The first-order valence-corrected chi connectivity index (χ1v) is 8.44. The molecular formula is C19H31N. The summed E-state index contributed by atoms with van der Waals surface area (Å²) in [6.07, 6.45) is 7.67. The summed E-state index contributed by atoms with van der Waals surface area (Å²) < 4.78 is 0. The van der Waals surface area contributed by atoms with Gasteiger partial charge in [0.2, 0.25) is 0 Å². The lowest BCUT2D eigenvalue weighted by Crippen LogP contribution is -2.34. The second-order valence-corrected chi connectivity index (χ2v) is 7.08. The Bertz CT molecular complexity index is 410. The van der Waals surface area contributed by atoms with Crippen LogP contribution in [0, 0.1) is 11.8 Å². The summed E-state index contributed by atoms with van der Waals surface area (Å²) in [5.41, 5.74) is 9.38. The number of nitrogens with two attached hydrogens (primary N) is 1. The zero-order valence-electron chi connectivity index (χ0n) is 13.4. The minimum atomic E-state index is 0.359. The van der Waals surface area contributed by atoms with Gasteiger partial charge >= 0.3 is 0 Å². The Morgan fingerprint density at radius 1 is 1.25 bits per heavy atom. The third-order valence-electron chi connectivity index (χ3n) is 4.73. The summed E-state index contributed by atoms with van der Waals surface area (Å²) in [5, 5.41) is 0. The van der Waals surface area contributed by atoms with Gasteiger partial charge in [0, 0.05) is 6.04 Å². The molecule has 2 N–H and O–H groups in total. The van der Waals surface area contributed by atoms with Crippen molar-refractivity contribution in [3.8, 4) is 0 Å². The van der Waals surface area contributed by atoms with Crippen LogP contribution in [0.1, 0.15) is 69.9 Å². The van der Waals surface area contributed by atoms with E-state index >= 15 is 0 Å². The van der Waals surface area contributed by atoms with Crippen molar-refractivity contribution in [2.45, 2.75) is 71.3 Å². The summed E-state index contributed by atoms with van der Waals surface area (Å²) in [7, 11) is 0. The highest BCUT2D eigenvalue weighted by atomic mass is 14.7. The van der Waals surface area contributed by atoms with E-state index in [1.807, 2.05) is 0 Å². The lowest BCUT2D eigenvalue weighted by molar-refractivity contribution is 0.274. The van der Waals surface area contributed by atoms with Gasteiger partial charge in [0.1, 0.15) is 0 Å². The van der Waals surface area contributed by atoms with E-state index in [1.54, 1.807) is 0 Å². The Labute approximate surface area is 125 Å². The van der Waals surface area contributed by atoms with Crippen molar-refractivity contribution >= 4 is 0 Å². The molecule has 1 fully saturated rings. The van der Waals surface area contributed by atoms with Gasteiger partial charge in [0.05, 0.1) is 0 Å². The van der Waals surface area contributed by atoms with Crippen molar-refractivity contribution in [3.63, 3.8) is 0 Å². The van der Waals surface area contributed by atoms with Crippen molar-refractivity contribution in [2.75, 3.05) is 0 Å². The average molecular weight is 273 g/mol. The fourth-order valence-corrected chi connectivity index (χ4v) is 3.76. The van der Waals surface area contributed by atoms with Gasteiger partial charge in [-0.1, -0.05) is 57.9 Å². The fraction of sp³-hybridized carbons (Fsp3) is 0.684. The van der Waals surface area contributed by atoms with Crippen molar-refractivity contribution < 1.29 is 0 Å². The quantitative estimate of drug-likeness (QED) is 0.811. The van der Waals surface area contributed by atoms with Crippen LogP contribution in [-0.4, -0.2) is 6.04 Å². The summed E-state index contributed by atoms with van der Waals surface area (Å²) in [5.74, 6) is 2.18. The molecular weight excluding hydrogens is 242 g/mol. The summed E-state index contributed by atoms with van der Waals surface area (Å²) in [6, 6.07) is 9.56. The van der Waals surface area contributed by atoms with Crippen LogP contribution < -0.4 is 5.73 Å². The molecule has 0 saturated heterocycles. The molecule has 3 atom stereocenters. The standard InChI is InChI=1S/C19H31N/c1-4-6-15-9-10-19(20)18(13-15)17-8-5-7-16(12-17)11-14(2)3/h5,7-8,12,14-15,18-19H,4,6,9-11,13,20H2,1-3H3. The lowest BCUT2D eigenvalue weighted by atomic mass is 9.73. The largest absolute Gasteiger partial charge is 0.327 e. The summed E-state index contributed by atoms with van der Waals surface area (Å²) in [4.78, 5) is 0. The van der Waals surface area contributed by atoms with E-state index in [2.05, 4.69) is 45.0 Å². The van der Waals surface area contributed by atoms with E-state index in [0.29, 0.717) is 12.0 Å². The Morgan fingerprint density at radius 3 is 2.75 bits per heavy atom. The smallest absolute Gasteiger partial charge is 0.0108 e. The predicted molar refractivity (Wildman–Crippen MR) is 87.9 cm³/mol. The molecule has 2 rings (SSSR count). The molecule has 1 aromatic rings. The molecule has 1 aliphatic rings. The maximum atomic E-state index is 6.42. The molecule has 1 heteroatoms. The molecule has 1 saturated carbocycles. The molecule has 1 nitrogen and oxygen atoms in total. The molecule has 20 heavy (non-hydrogen) atoms. The maximum Gasteiger partial charge on any atom is 0.0108 e. The maximum absolute atomic E-state index is 6.42. The average Bonchev–Trinajstić information content (AvgIpc) is 2.41. The highest BCUT2D eigenvalue weighted by molar-refractivity contribution is 5.28. The van der Waals surface area contributed by atoms with E-state index in [9.17, 15) is 0 Å². The predicted octanol–water partition coefficient (Wildman–Crippen LogP) is 4.90. The minimum absolute atomic E-state index is 0.359. The van der Waals surface area contributed by atoms with Crippen LogP contribution in [-0.2, 0) is 6.42 Å². The zero-order valence-corrected chi connectivity index (χ0v) is 13.4. The van der Waals surface area contributed by atoms with E-state index in [4.69, 9.17) is 5.73 Å². The highest BCUT2D eigenvalue weighted by Gasteiger charge is 2.28. The minimum Gasteiger partial charge on any atom is -0.327 e. The SMILES string of the molecule is CCCC1CCC(N)C(c2cccc(CC(C)C)c2)C1. The fourth-order valence-electron chi connectivity index (χ4n) is 3.76. The van der Waals surface area contributed by atoms with Gasteiger partial charge in [0.15, 0.2) is 0 Å². The monoisotopic (exact) mass is 273 g/mol. The Morgan fingerprint density at radius 2 is 2.05 bits per heavy atom. The number of hydrogen-bond acceptors (Lipinski definition) is 1. The van der Waals surface area contributed by atoms with Crippen molar-refractivity contribution in [2.24, 2.45) is 17.6 Å². The van der Waals surface area contributed by atoms with E-state index < -0.39 is 0 Å². The zero-order chi connectivity index (χ0) is 14.5. The number of rotatable bonds is 5. The molecule has 0 aliphatic heterocycles. The van der Waals surface area contributed by atoms with Gasteiger partial charge in [-0.25, -0.2) is 0 Å². The molecule has 0 bridgehead atoms. The van der Waals surface area contributed by atoms with Gasteiger partial charge in [0.25, 0.3) is 0 Å². The Hall–Kier alpha value is -0.820. The van der Waals surface area contributed by atoms with E-state index in [-0.39, 0.29) is 0 Å². The van der Waals surface area contributed by atoms with E-state index in [1.165, 1.54) is 49.7 Å². The molecule has 0 aromatic heterocycles. The summed E-state index contributed by atoms with van der Waals surface area (Å²) >= 11 is 0. The van der Waals surface area contributed by atoms with Crippen molar-refractivity contribution in [3.05, 3.63) is 35.4 Å². The number of hydrogen-bond donors (Lipinski definition) is 1. The molecule has 0 radical (unpaired) electrons. The van der Waals surface area contributed by atoms with Crippen molar-refractivity contribution in [1.29, 1.82) is 0 Å². The molecule has 112 valence electrons. The molecule has 1 aliphatic carbocycles. The third-order valence-corrected chi connectivity index (χ3v) is 4.73. The van der Waals surface area contributed by atoms with Crippen LogP contribution in [0.2, 0.25) is 0 Å². The van der Waals surface area contributed by atoms with Crippen LogP contribution in [0.4, 0.5) is 0 Å². The first kappa shape index (κ1) is 15.6.